The summed E-state index contributed by atoms with van der Waals surface area (Å²) in [5, 5.41) is 12.1. The van der Waals surface area contributed by atoms with E-state index in [-0.39, 0.29) is 6.61 Å². The van der Waals surface area contributed by atoms with E-state index in [1.165, 1.54) is 13.3 Å². The third kappa shape index (κ3) is 4.48. The first kappa shape index (κ1) is 14.8. The molecule has 19 heavy (non-hydrogen) atoms. The van der Waals surface area contributed by atoms with Crippen LogP contribution in [0.15, 0.2) is 21.7 Å². The van der Waals surface area contributed by atoms with E-state index in [4.69, 9.17) is 20.5 Å². The number of nitriles is 1. The highest BCUT2D eigenvalue weighted by atomic mass is 79.9. The first-order valence-corrected chi connectivity index (χ1v) is 5.83. The number of benzene rings is 1. The number of hydrazone groups is 1. The number of carbonyl (C=O) groups is 1. The lowest BCUT2D eigenvalue weighted by atomic mass is 10.2. The van der Waals surface area contributed by atoms with Gasteiger partial charge in [-0.05, 0) is 33.6 Å². The Morgan fingerprint density at radius 2 is 2.42 bits per heavy atom. The molecule has 3 N–H and O–H groups in total. The van der Waals surface area contributed by atoms with Crippen molar-refractivity contribution in [2.75, 3.05) is 13.7 Å². The lowest BCUT2D eigenvalue weighted by Gasteiger charge is -2.11. The molecule has 8 heteroatoms. The van der Waals surface area contributed by atoms with E-state index in [0.29, 0.717) is 21.5 Å². The normalized spacial score (nSPS) is 9.95. The fourth-order valence-electron chi connectivity index (χ4n) is 1.23. The molecule has 0 aromatic heterocycles. The second kappa shape index (κ2) is 7.23. The molecule has 0 fully saturated rings. The van der Waals surface area contributed by atoms with Crippen LogP contribution in [0.3, 0.4) is 0 Å². The summed E-state index contributed by atoms with van der Waals surface area (Å²) in [6, 6.07) is 4.45. The Balaban J connectivity index is 2.99. The van der Waals surface area contributed by atoms with Crippen LogP contribution in [-0.4, -0.2) is 26.0 Å². The Kier molecular flexibility index (Phi) is 5.63. The number of methoxy groups -OCH3 is 1. The second-order valence-electron chi connectivity index (χ2n) is 3.22. The van der Waals surface area contributed by atoms with Gasteiger partial charge in [-0.3, -0.25) is 0 Å². The highest BCUT2D eigenvalue weighted by Gasteiger charge is 2.10. The van der Waals surface area contributed by atoms with Crippen molar-refractivity contribution in [3.05, 3.63) is 22.2 Å². The van der Waals surface area contributed by atoms with Crippen LogP contribution in [-0.2, 0) is 0 Å². The Morgan fingerprint density at radius 1 is 1.68 bits per heavy atom. The van der Waals surface area contributed by atoms with E-state index in [0.717, 1.165) is 0 Å². The van der Waals surface area contributed by atoms with Crippen molar-refractivity contribution in [2.24, 2.45) is 10.8 Å². The summed E-state index contributed by atoms with van der Waals surface area (Å²) in [6.07, 6.45) is 1.39. The average molecular weight is 327 g/mol. The molecule has 1 rings (SSSR count). The summed E-state index contributed by atoms with van der Waals surface area (Å²) < 4.78 is 11.0. The smallest absolute Gasteiger partial charge is 0.332 e. The van der Waals surface area contributed by atoms with Crippen LogP contribution in [0.1, 0.15) is 5.56 Å². The molecule has 0 aliphatic rings. The average Bonchev–Trinajstić information content (AvgIpc) is 2.36. The minimum Gasteiger partial charge on any atom is -0.493 e. The standard InChI is InChI=1S/C11H11BrN4O3/c1-18-9-5-7(6-15-16-11(14)17)4-8(12)10(9)19-3-2-13/h4-6H,3H2,1H3,(H3,14,16,17). The van der Waals surface area contributed by atoms with Crippen LogP contribution in [0.2, 0.25) is 0 Å². The molecule has 0 radical (unpaired) electrons. The predicted molar refractivity (Wildman–Crippen MR) is 72.1 cm³/mol. The zero-order chi connectivity index (χ0) is 14.3. The largest absolute Gasteiger partial charge is 0.493 e. The summed E-state index contributed by atoms with van der Waals surface area (Å²) in [7, 11) is 1.48. The van der Waals surface area contributed by atoms with E-state index in [1.807, 2.05) is 6.07 Å². The molecule has 0 atom stereocenters. The van der Waals surface area contributed by atoms with E-state index in [2.05, 4.69) is 26.5 Å². The first-order valence-electron chi connectivity index (χ1n) is 5.04. The molecule has 0 bridgehead atoms. The van der Waals surface area contributed by atoms with E-state index >= 15 is 0 Å². The predicted octanol–water partition coefficient (Wildman–Crippen LogP) is 1.36. The molecule has 2 amide bonds. The summed E-state index contributed by atoms with van der Waals surface area (Å²) in [6.45, 7) is -0.0916. The van der Waals surface area contributed by atoms with Gasteiger partial charge in [-0.2, -0.15) is 10.4 Å². The molecule has 0 heterocycles. The van der Waals surface area contributed by atoms with Gasteiger partial charge in [-0.1, -0.05) is 0 Å². The SMILES string of the molecule is COc1cc(C=NNC(N)=O)cc(Br)c1OCC#N. The maximum absolute atomic E-state index is 10.5. The number of ether oxygens (including phenoxy) is 2. The highest BCUT2D eigenvalue weighted by Crippen LogP contribution is 2.36. The zero-order valence-corrected chi connectivity index (χ0v) is 11.6. The van der Waals surface area contributed by atoms with Crippen LogP contribution in [0, 0.1) is 11.3 Å². The molecule has 0 saturated carbocycles. The van der Waals surface area contributed by atoms with E-state index < -0.39 is 6.03 Å². The van der Waals surface area contributed by atoms with Crippen LogP contribution in [0.4, 0.5) is 4.79 Å². The van der Waals surface area contributed by atoms with Gasteiger partial charge in [0.2, 0.25) is 0 Å². The summed E-state index contributed by atoms with van der Waals surface area (Å²) >= 11 is 3.30. The summed E-state index contributed by atoms with van der Waals surface area (Å²) in [5.41, 5.74) is 7.61. The number of nitrogens with two attached hydrogens (primary N) is 1. The lowest BCUT2D eigenvalue weighted by molar-refractivity contribution is 0.249. The number of carbonyl (C=O) groups excluding carboxylic acids is 1. The topological polar surface area (TPSA) is 110 Å². The van der Waals surface area contributed by atoms with Crippen LogP contribution in [0.25, 0.3) is 0 Å². The van der Waals surface area contributed by atoms with Gasteiger partial charge in [0.05, 0.1) is 17.8 Å². The van der Waals surface area contributed by atoms with Crippen molar-refractivity contribution in [3.63, 3.8) is 0 Å². The number of amides is 2. The highest BCUT2D eigenvalue weighted by molar-refractivity contribution is 9.10. The maximum Gasteiger partial charge on any atom is 0.332 e. The van der Waals surface area contributed by atoms with Gasteiger partial charge < -0.3 is 15.2 Å². The fourth-order valence-corrected chi connectivity index (χ4v) is 1.80. The van der Waals surface area contributed by atoms with Gasteiger partial charge in [0, 0.05) is 0 Å². The molecule has 7 nitrogen and oxygen atoms in total. The molecule has 1 aromatic rings. The monoisotopic (exact) mass is 326 g/mol. The molecule has 0 saturated heterocycles. The van der Waals surface area contributed by atoms with Crippen molar-refractivity contribution < 1.29 is 14.3 Å². The van der Waals surface area contributed by atoms with E-state index in [1.54, 1.807) is 12.1 Å². The molecular weight excluding hydrogens is 316 g/mol. The fraction of sp³-hybridized carbons (Fsp3) is 0.182. The molecule has 100 valence electrons. The number of hydrogen-bond donors (Lipinski definition) is 2. The van der Waals surface area contributed by atoms with Crippen molar-refractivity contribution in [1.29, 1.82) is 5.26 Å². The lowest BCUT2D eigenvalue weighted by Crippen LogP contribution is -2.24. The molecule has 0 unspecified atom stereocenters. The molecule has 0 aliphatic heterocycles. The quantitative estimate of drug-likeness (QED) is 0.628. The van der Waals surface area contributed by atoms with Gasteiger partial charge >= 0.3 is 6.03 Å². The Labute approximate surface area is 118 Å². The minimum atomic E-state index is -0.753. The van der Waals surface area contributed by atoms with Crippen molar-refractivity contribution >= 4 is 28.2 Å². The Hall–Kier alpha value is -2.27. The number of primary amides is 1. The summed E-state index contributed by atoms with van der Waals surface area (Å²) in [5.74, 6) is 0.856. The second-order valence-corrected chi connectivity index (χ2v) is 4.07. The third-order valence-corrected chi connectivity index (χ3v) is 2.51. The number of nitrogens with zero attached hydrogens (tertiary/aromatic N) is 2. The number of nitrogens with one attached hydrogen (secondary N) is 1. The first-order chi connectivity index (χ1) is 9.08. The van der Waals surface area contributed by atoms with Crippen molar-refractivity contribution in [3.8, 4) is 17.6 Å². The number of urea groups is 1. The van der Waals surface area contributed by atoms with E-state index in [9.17, 15) is 4.79 Å². The van der Waals surface area contributed by atoms with Crippen molar-refractivity contribution in [1.82, 2.24) is 5.43 Å². The number of halogens is 1. The van der Waals surface area contributed by atoms with Gasteiger partial charge in [0.25, 0.3) is 0 Å². The number of rotatable bonds is 5. The molecular formula is C11H11BrN4O3. The molecule has 0 aliphatic carbocycles. The minimum absolute atomic E-state index is 0.0916. The van der Waals surface area contributed by atoms with Crippen LogP contribution >= 0.6 is 15.9 Å². The van der Waals surface area contributed by atoms with Crippen molar-refractivity contribution in [2.45, 2.75) is 0 Å². The van der Waals surface area contributed by atoms with Crippen LogP contribution in [0.5, 0.6) is 11.5 Å². The number of hydrogen-bond acceptors (Lipinski definition) is 5. The third-order valence-electron chi connectivity index (χ3n) is 1.92. The maximum atomic E-state index is 10.5. The zero-order valence-electron chi connectivity index (χ0n) is 10.0. The van der Waals surface area contributed by atoms with Gasteiger partial charge in [0.1, 0.15) is 6.07 Å². The molecule has 0 spiro atoms. The van der Waals surface area contributed by atoms with Gasteiger partial charge in [-0.25, -0.2) is 10.2 Å². The Morgan fingerprint density at radius 3 is 3.00 bits per heavy atom. The summed E-state index contributed by atoms with van der Waals surface area (Å²) in [4.78, 5) is 10.5. The van der Waals surface area contributed by atoms with Gasteiger partial charge in [0.15, 0.2) is 18.1 Å². The van der Waals surface area contributed by atoms with Crippen LogP contribution < -0.4 is 20.6 Å². The van der Waals surface area contributed by atoms with Gasteiger partial charge in [-0.15, -0.1) is 0 Å². The Bertz CT molecular complexity index is 539. The molecule has 1 aromatic carbocycles.